The number of hydrogen-bond acceptors (Lipinski definition) is 10. The Labute approximate surface area is 465 Å². The Morgan fingerprint density at radius 3 is 1.22 bits per heavy atom. The SMILES string of the molecule is COc1ccc2c(c1)C(=O)N(c1ccc(C3(c4ccc(N5C(=O)c6ccc(Oc7ccc(S(=O)(=O)c8ccc(Oc9ccc(C(=O)c%10ccc(C)cc%10)cc9)cc8)cc7)cc6C5=O)cc4)c4ccccc4-c4ccccc43)cc1)C2=O. The van der Waals surface area contributed by atoms with Gasteiger partial charge in [-0.2, -0.15) is 0 Å². The Balaban J connectivity index is 0.716. The number of carbonyl (C=O) groups excluding carboxylic acids is 5. The first-order chi connectivity index (χ1) is 39.3. The number of amides is 4. The van der Waals surface area contributed by atoms with Crippen LogP contribution >= 0.6 is 0 Å². The summed E-state index contributed by atoms with van der Waals surface area (Å²) in [5.74, 6) is -0.0833. The van der Waals surface area contributed by atoms with Crippen molar-refractivity contribution in [2.45, 2.75) is 22.1 Å². The molecule has 392 valence electrons. The highest BCUT2D eigenvalue weighted by atomic mass is 32.2. The fourth-order valence-electron chi connectivity index (χ4n) is 11.2. The lowest BCUT2D eigenvalue weighted by Crippen LogP contribution is -2.31. The summed E-state index contributed by atoms with van der Waals surface area (Å²) in [6.07, 6.45) is 0. The summed E-state index contributed by atoms with van der Waals surface area (Å²) in [6, 6.07) is 66.6. The number of fused-ring (bicyclic) bond motifs is 5. The zero-order valence-electron chi connectivity index (χ0n) is 43.3. The molecule has 2 heterocycles. The average Bonchev–Trinajstić information content (AvgIpc) is 2.80. The molecule has 0 fully saturated rings. The number of methoxy groups -OCH3 is 1. The number of sulfone groups is 1. The number of benzene rings is 10. The third-order valence-electron chi connectivity index (χ3n) is 15.2. The van der Waals surface area contributed by atoms with Crippen LogP contribution in [0, 0.1) is 6.92 Å². The number of ketones is 1. The van der Waals surface area contributed by atoms with Crippen LogP contribution < -0.4 is 24.0 Å². The van der Waals surface area contributed by atoms with Crippen LogP contribution in [-0.2, 0) is 15.3 Å². The van der Waals surface area contributed by atoms with E-state index in [9.17, 15) is 32.4 Å². The van der Waals surface area contributed by atoms with Crippen molar-refractivity contribution >= 4 is 50.6 Å². The standard InChI is InChI=1S/C68H44N2O10S/c1-41-11-13-42(14-12-41)63(71)43-15-25-48(26-16-43)79-49-27-33-53(34-28-49)81(76,77)54-35-29-50(30-36-54)80-52-32-38-58-60(40-52)67(75)70(65(58)73)47-23-19-45(20-24-47)68(61-9-5-3-7-55(61)56-8-4-6-10-62(56)68)44-17-21-46(22-18-44)69-64(72)57-37-31-51(78-2)39-59(57)66(69)74/h3-40H,1-2H3. The van der Waals surface area contributed by atoms with Crippen LogP contribution in [0.15, 0.2) is 240 Å². The van der Waals surface area contributed by atoms with E-state index in [1.54, 1.807) is 97.1 Å². The van der Waals surface area contributed by atoms with Crippen LogP contribution in [0.3, 0.4) is 0 Å². The molecule has 0 saturated carbocycles. The quantitative estimate of drug-likeness (QED) is 0.0805. The number of aryl methyl sites for hydroxylation is 1. The van der Waals surface area contributed by atoms with E-state index in [-0.39, 0.29) is 38.0 Å². The number of nitrogens with zero attached hydrogens (tertiary/aromatic N) is 2. The number of carbonyl (C=O) groups is 5. The summed E-state index contributed by atoms with van der Waals surface area (Å²) in [7, 11) is -2.44. The molecule has 0 N–H and O–H groups in total. The van der Waals surface area contributed by atoms with Gasteiger partial charge in [-0.15, -0.1) is 0 Å². The van der Waals surface area contributed by atoms with E-state index in [2.05, 4.69) is 24.3 Å². The van der Waals surface area contributed by atoms with Crippen molar-refractivity contribution in [1.82, 2.24) is 0 Å². The minimum Gasteiger partial charge on any atom is -0.497 e. The van der Waals surface area contributed by atoms with Crippen molar-refractivity contribution in [3.63, 3.8) is 0 Å². The zero-order valence-corrected chi connectivity index (χ0v) is 44.1. The second kappa shape index (κ2) is 19.4. The first kappa shape index (κ1) is 50.0. The van der Waals surface area contributed by atoms with Crippen LogP contribution in [0.1, 0.15) is 85.2 Å². The molecule has 13 heteroatoms. The maximum Gasteiger partial charge on any atom is 0.266 e. The molecule has 3 aliphatic rings. The molecular weight excluding hydrogens is 1040 g/mol. The Kier molecular flexibility index (Phi) is 12.0. The molecule has 0 radical (unpaired) electrons. The lowest BCUT2D eigenvalue weighted by molar-refractivity contribution is 0.0910. The van der Waals surface area contributed by atoms with Gasteiger partial charge in [0.1, 0.15) is 28.7 Å². The van der Waals surface area contributed by atoms with Gasteiger partial charge < -0.3 is 14.2 Å². The molecule has 0 atom stereocenters. The highest BCUT2D eigenvalue weighted by Crippen LogP contribution is 2.56. The predicted molar refractivity (Wildman–Crippen MR) is 305 cm³/mol. The maximum absolute atomic E-state index is 14.3. The Hall–Kier alpha value is -10.5. The minimum absolute atomic E-state index is 0.0281. The Morgan fingerprint density at radius 1 is 0.395 bits per heavy atom. The fourth-order valence-corrected chi connectivity index (χ4v) is 12.4. The molecule has 0 spiro atoms. The second-order valence-electron chi connectivity index (χ2n) is 19.8. The summed E-state index contributed by atoms with van der Waals surface area (Å²) in [5, 5.41) is 0. The van der Waals surface area contributed by atoms with E-state index in [1.165, 1.54) is 60.5 Å². The Morgan fingerprint density at radius 2 is 0.765 bits per heavy atom. The largest absolute Gasteiger partial charge is 0.497 e. The van der Waals surface area contributed by atoms with Gasteiger partial charge >= 0.3 is 0 Å². The molecule has 2 aliphatic heterocycles. The third-order valence-corrected chi connectivity index (χ3v) is 17.0. The summed E-state index contributed by atoms with van der Waals surface area (Å²) < 4.78 is 44.8. The lowest BCUT2D eigenvalue weighted by Gasteiger charge is -2.34. The van der Waals surface area contributed by atoms with Crippen molar-refractivity contribution < 1.29 is 46.6 Å². The number of imide groups is 2. The van der Waals surface area contributed by atoms with Crippen LogP contribution in [0.25, 0.3) is 11.1 Å². The topological polar surface area (TPSA) is 154 Å². The van der Waals surface area contributed by atoms with E-state index >= 15 is 0 Å². The van der Waals surface area contributed by atoms with Gasteiger partial charge in [-0.25, -0.2) is 18.2 Å². The van der Waals surface area contributed by atoms with Gasteiger partial charge in [0.05, 0.1) is 55.9 Å². The molecule has 4 amide bonds. The fraction of sp³-hybridized carbons (Fsp3) is 0.0441. The predicted octanol–water partition coefficient (Wildman–Crippen LogP) is 13.6. The van der Waals surface area contributed by atoms with E-state index in [0.29, 0.717) is 51.1 Å². The van der Waals surface area contributed by atoms with Crippen molar-refractivity contribution in [3.05, 3.63) is 292 Å². The van der Waals surface area contributed by atoms with Gasteiger partial charge in [-0.3, -0.25) is 24.0 Å². The monoisotopic (exact) mass is 1080 g/mol. The first-order valence-corrected chi connectivity index (χ1v) is 27.3. The van der Waals surface area contributed by atoms with Crippen LogP contribution in [-0.4, -0.2) is 44.9 Å². The lowest BCUT2D eigenvalue weighted by atomic mass is 9.67. The maximum atomic E-state index is 14.3. The summed E-state index contributed by atoms with van der Waals surface area (Å²) in [6.45, 7) is 1.96. The van der Waals surface area contributed by atoms with Gasteiger partial charge in [0.25, 0.3) is 23.6 Å². The summed E-state index contributed by atoms with van der Waals surface area (Å²) >= 11 is 0. The van der Waals surface area contributed by atoms with Gasteiger partial charge in [0, 0.05) is 11.1 Å². The van der Waals surface area contributed by atoms with Crippen LogP contribution in [0.5, 0.6) is 28.7 Å². The third kappa shape index (κ3) is 8.29. The smallest absolute Gasteiger partial charge is 0.266 e. The zero-order chi connectivity index (χ0) is 55.7. The van der Waals surface area contributed by atoms with Crippen molar-refractivity contribution in [3.8, 4) is 39.9 Å². The highest BCUT2D eigenvalue weighted by molar-refractivity contribution is 7.91. The second-order valence-corrected chi connectivity index (χ2v) is 21.8. The van der Waals surface area contributed by atoms with Crippen molar-refractivity contribution in [2.24, 2.45) is 0 Å². The minimum atomic E-state index is -3.95. The molecule has 0 bridgehead atoms. The van der Waals surface area contributed by atoms with Crippen molar-refractivity contribution in [1.29, 1.82) is 0 Å². The van der Waals surface area contributed by atoms with E-state index in [4.69, 9.17) is 14.2 Å². The molecule has 10 aromatic carbocycles. The molecule has 0 aromatic heterocycles. The molecule has 81 heavy (non-hydrogen) atoms. The normalized spacial score (nSPS) is 13.9. The molecular formula is C68H44N2O10S. The molecule has 13 rings (SSSR count). The molecule has 1 aliphatic carbocycles. The van der Waals surface area contributed by atoms with Crippen LogP contribution in [0.2, 0.25) is 0 Å². The Bertz CT molecular complexity index is 4320. The van der Waals surface area contributed by atoms with Crippen molar-refractivity contribution in [2.75, 3.05) is 16.9 Å². The molecule has 10 aromatic rings. The summed E-state index contributed by atoms with van der Waals surface area (Å²) in [5.41, 5.74) is 8.78. The van der Waals surface area contributed by atoms with Gasteiger partial charge in [0.2, 0.25) is 9.84 Å². The number of hydrogen-bond donors (Lipinski definition) is 0. The van der Waals surface area contributed by atoms with E-state index in [1.807, 2.05) is 67.6 Å². The summed E-state index contributed by atoms with van der Waals surface area (Å²) in [4.78, 5) is 71.0. The van der Waals surface area contributed by atoms with Gasteiger partial charge in [0.15, 0.2) is 5.78 Å². The van der Waals surface area contributed by atoms with E-state index < -0.39 is 38.9 Å². The number of rotatable bonds is 13. The highest BCUT2D eigenvalue weighted by Gasteiger charge is 2.47. The molecule has 0 unspecified atom stereocenters. The number of anilines is 2. The van der Waals surface area contributed by atoms with Crippen LogP contribution in [0.4, 0.5) is 11.4 Å². The van der Waals surface area contributed by atoms with Gasteiger partial charge in [-0.1, -0.05) is 103 Å². The molecule has 0 saturated heterocycles. The number of ether oxygens (including phenoxy) is 3. The average molecular weight is 1080 g/mol. The van der Waals surface area contributed by atoms with Gasteiger partial charge in [-0.05, 0) is 174 Å². The van der Waals surface area contributed by atoms with E-state index in [0.717, 1.165) is 43.8 Å². The molecule has 12 nitrogen and oxygen atoms in total. The first-order valence-electron chi connectivity index (χ1n) is 25.8.